The third-order valence-corrected chi connectivity index (χ3v) is 10.6. The molecule has 0 radical (unpaired) electrons. The van der Waals surface area contributed by atoms with Gasteiger partial charge in [0.15, 0.2) is 0 Å². The van der Waals surface area contributed by atoms with E-state index in [1.165, 1.54) is 28.4 Å². The average molecular weight is 479 g/mol. The summed E-state index contributed by atoms with van der Waals surface area (Å²) in [6.07, 6.45) is 0.842. The molecule has 3 fully saturated rings. The van der Waals surface area contributed by atoms with Crippen molar-refractivity contribution in [1.82, 2.24) is 4.98 Å². The Morgan fingerprint density at radius 2 is 1.61 bits per heavy atom. The summed E-state index contributed by atoms with van der Waals surface area (Å²) < 4.78 is 13.7. The van der Waals surface area contributed by atoms with Gasteiger partial charge in [-0.05, 0) is 54.0 Å². The Labute approximate surface area is 197 Å². The Bertz CT molecular complexity index is 1350. The molecule has 1 aromatic heterocycles. The van der Waals surface area contributed by atoms with Crippen LogP contribution in [0.5, 0.6) is 0 Å². The molecule has 2 aliphatic carbocycles. The van der Waals surface area contributed by atoms with Crippen LogP contribution in [-0.2, 0) is 9.59 Å². The third kappa shape index (κ3) is 2.62. The second kappa shape index (κ2) is 6.90. The number of thiazole rings is 1. The number of imide groups is 1. The van der Waals surface area contributed by atoms with E-state index in [0.717, 1.165) is 21.9 Å². The first-order valence-electron chi connectivity index (χ1n) is 11.1. The summed E-state index contributed by atoms with van der Waals surface area (Å²) in [4.78, 5) is 44.6. The summed E-state index contributed by atoms with van der Waals surface area (Å²) in [5.74, 6) is -0.946. The number of aromatic amines is 1. The van der Waals surface area contributed by atoms with Crippen molar-refractivity contribution in [3.05, 3.63) is 80.5 Å². The van der Waals surface area contributed by atoms with Crippen molar-refractivity contribution in [3.63, 3.8) is 0 Å². The number of anilines is 1. The van der Waals surface area contributed by atoms with Crippen LogP contribution in [0.25, 0.3) is 0 Å². The fourth-order valence-electron chi connectivity index (χ4n) is 6.89. The largest absolute Gasteiger partial charge is 0.307 e. The minimum Gasteiger partial charge on any atom is -0.307 e. The van der Waals surface area contributed by atoms with E-state index >= 15 is 0 Å². The fraction of sp³-hybridized carbons (Fsp3) is 0.320. The molecule has 7 unspecified atom stereocenters. The molecule has 2 amide bonds. The number of nitrogens with one attached hydrogen (secondary N) is 1. The molecular weight excluding hydrogens is 459 g/mol. The van der Waals surface area contributed by atoms with Gasteiger partial charge in [0.1, 0.15) is 5.82 Å². The number of benzene rings is 2. The highest BCUT2D eigenvalue weighted by Gasteiger charge is 2.69. The van der Waals surface area contributed by atoms with Gasteiger partial charge in [0.2, 0.25) is 11.8 Å². The summed E-state index contributed by atoms with van der Waals surface area (Å²) in [6, 6.07) is 15.7. The van der Waals surface area contributed by atoms with Crippen molar-refractivity contribution < 1.29 is 14.0 Å². The Balaban J connectivity index is 1.34. The summed E-state index contributed by atoms with van der Waals surface area (Å²) in [5.41, 5.74) is 1.60. The molecule has 2 bridgehead atoms. The topological polar surface area (TPSA) is 70.2 Å². The van der Waals surface area contributed by atoms with Gasteiger partial charge in [-0.2, -0.15) is 0 Å². The number of hydrogen-bond acceptors (Lipinski definition) is 5. The zero-order valence-corrected chi connectivity index (χ0v) is 18.9. The molecule has 2 aliphatic heterocycles. The molecule has 3 aromatic rings. The van der Waals surface area contributed by atoms with Gasteiger partial charge in [-0.3, -0.25) is 19.3 Å². The first kappa shape index (κ1) is 19.7. The number of halogens is 1. The molecule has 1 saturated heterocycles. The van der Waals surface area contributed by atoms with Gasteiger partial charge in [0, 0.05) is 16.0 Å². The summed E-state index contributed by atoms with van der Waals surface area (Å²) in [5, 5.41) is 0.998. The standard InChI is InChI=1S/C25H19FN2O3S2/c26-12-8-6-11(7-9-12)16-17-14-10-15(20(17)32-22-21(16)33-25(31)27-22)19-18(14)23(29)28(24(19)30)13-4-2-1-3-5-13/h1-9,14-20H,10H2,(H,27,31). The SMILES string of the molecule is O=C1C2C3CC(C2C(=O)N1c1ccccc1)C1C(c2ccc(F)cc2)c2sc(=O)[nH]c2SC31. The van der Waals surface area contributed by atoms with Crippen LogP contribution < -0.4 is 9.77 Å². The maximum absolute atomic E-state index is 13.7. The smallest absolute Gasteiger partial charge is 0.305 e. The molecular formula is C25H19FN2O3S2. The van der Waals surface area contributed by atoms with Crippen molar-refractivity contribution in [2.75, 3.05) is 4.90 Å². The molecule has 2 aromatic carbocycles. The summed E-state index contributed by atoms with van der Waals surface area (Å²) >= 11 is 2.87. The Morgan fingerprint density at radius 3 is 2.33 bits per heavy atom. The molecule has 33 heavy (non-hydrogen) atoms. The van der Waals surface area contributed by atoms with Gasteiger partial charge in [0.05, 0.1) is 22.5 Å². The molecule has 5 nitrogen and oxygen atoms in total. The molecule has 3 heterocycles. The Hall–Kier alpha value is -2.71. The van der Waals surface area contributed by atoms with Crippen LogP contribution in [-0.4, -0.2) is 22.0 Å². The quantitative estimate of drug-likeness (QED) is 0.559. The number of carbonyl (C=O) groups is 2. The molecule has 8 heteroatoms. The number of nitrogens with zero attached hydrogens (tertiary/aromatic N) is 1. The van der Waals surface area contributed by atoms with Crippen LogP contribution in [0.4, 0.5) is 10.1 Å². The van der Waals surface area contributed by atoms with E-state index in [2.05, 4.69) is 4.98 Å². The van der Waals surface area contributed by atoms with E-state index in [0.29, 0.717) is 5.69 Å². The highest BCUT2D eigenvalue weighted by atomic mass is 32.2. The number of rotatable bonds is 2. The number of aromatic nitrogens is 1. The fourth-order valence-corrected chi connectivity index (χ4v) is 9.78. The summed E-state index contributed by atoms with van der Waals surface area (Å²) in [7, 11) is 0. The van der Waals surface area contributed by atoms with E-state index in [-0.39, 0.29) is 63.3 Å². The second-order valence-corrected chi connectivity index (χ2v) is 11.6. The highest BCUT2D eigenvalue weighted by Crippen LogP contribution is 2.68. The van der Waals surface area contributed by atoms with Gasteiger partial charge < -0.3 is 4.98 Å². The van der Waals surface area contributed by atoms with E-state index in [1.807, 2.05) is 30.3 Å². The number of fused-ring (bicyclic) bond motifs is 9. The predicted molar refractivity (Wildman–Crippen MR) is 124 cm³/mol. The van der Waals surface area contributed by atoms with Crippen LogP contribution >= 0.6 is 23.1 Å². The highest BCUT2D eigenvalue weighted by molar-refractivity contribution is 8.00. The number of hydrogen-bond donors (Lipinski definition) is 1. The van der Waals surface area contributed by atoms with Gasteiger partial charge in [-0.25, -0.2) is 4.39 Å². The number of para-hydroxylation sites is 1. The summed E-state index contributed by atoms with van der Waals surface area (Å²) in [6.45, 7) is 0. The van der Waals surface area contributed by atoms with E-state index in [4.69, 9.17) is 0 Å². The maximum atomic E-state index is 13.7. The Morgan fingerprint density at radius 1 is 0.909 bits per heavy atom. The second-order valence-electron chi connectivity index (χ2n) is 9.36. The molecule has 4 aliphatic rings. The van der Waals surface area contributed by atoms with Crippen molar-refractivity contribution in [1.29, 1.82) is 0 Å². The van der Waals surface area contributed by atoms with Crippen LogP contribution in [0, 0.1) is 35.4 Å². The van der Waals surface area contributed by atoms with Gasteiger partial charge in [0.25, 0.3) is 0 Å². The molecule has 166 valence electrons. The monoisotopic (exact) mass is 478 g/mol. The Kier molecular flexibility index (Phi) is 4.13. The third-order valence-electron chi connectivity index (χ3n) is 7.97. The predicted octanol–water partition coefficient (Wildman–Crippen LogP) is 4.25. The molecule has 0 spiro atoms. The van der Waals surface area contributed by atoms with Crippen molar-refractivity contribution in [2.45, 2.75) is 22.6 Å². The van der Waals surface area contributed by atoms with Crippen molar-refractivity contribution in [2.24, 2.45) is 29.6 Å². The van der Waals surface area contributed by atoms with Crippen LogP contribution in [0.1, 0.15) is 22.8 Å². The first-order chi connectivity index (χ1) is 16.0. The lowest BCUT2D eigenvalue weighted by molar-refractivity contribution is -0.123. The lowest BCUT2D eigenvalue weighted by atomic mass is 9.68. The van der Waals surface area contributed by atoms with Crippen LogP contribution in [0.2, 0.25) is 0 Å². The van der Waals surface area contributed by atoms with E-state index in [9.17, 15) is 18.8 Å². The number of thioether (sulfide) groups is 1. The zero-order chi connectivity index (χ0) is 22.4. The number of carbonyl (C=O) groups excluding carboxylic acids is 2. The molecule has 7 atom stereocenters. The minimum atomic E-state index is -0.329. The van der Waals surface area contributed by atoms with Gasteiger partial charge in [-0.1, -0.05) is 41.7 Å². The van der Waals surface area contributed by atoms with Crippen molar-refractivity contribution >= 4 is 40.6 Å². The van der Waals surface area contributed by atoms with Gasteiger partial charge in [-0.15, -0.1) is 11.8 Å². The van der Waals surface area contributed by atoms with Crippen LogP contribution in [0.15, 0.2) is 64.4 Å². The molecule has 1 N–H and O–H groups in total. The lowest BCUT2D eigenvalue weighted by Crippen LogP contribution is -2.42. The van der Waals surface area contributed by atoms with E-state index in [1.54, 1.807) is 23.9 Å². The normalized spacial score (nSPS) is 33.8. The first-order valence-corrected chi connectivity index (χ1v) is 12.8. The minimum absolute atomic E-state index is 0.0584. The number of amides is 2. The van der Waals surface area contributed by atoms with Crippen LogP contribution in [0.3, 0.4) is 0 Å². The molecule has 7 rings (SSSR count). The zero-order valence-electron chi connectivity index (χ0n) is 17.3. The maximum Gasteiger partial charge on any atom is 0.305 e. The molecule has 2 saturated carbocycles. The average Bonchev–Trinajstić information content (AvgIpc) is 3.54. The lowest BCUT2D eigenvalue weighted by Gasteiger charge is -2.43. The van der Waals surface area contributed by atoms with E-state index < -0.39 is 0 Å². The van der Waals surface area contributed by atoms with Gasteiger partial charge >= 0.3 is 4.87 Å². The number of H-pyrrole nitrogens is 1. The van der Waals surface area contributed by atoms with Crippen molar-refractivity contribution in [3.8, 4) is 0 Å².